The van der Waals surface area contributed by atoms with E-state index < -0.39 is 11.7 Å². The van der Waals surface area contributed by atoms with Gasteiger partial charge in [-0.05, 0) is 52.9 Å². The van der Waals surface area contributed by atoms with Crippen molar-refractivity contribution in [3.8, 4) is 11.4 Å². The van der Waals surface area contributed by atoms with Gasteiger partial charge in [0.15, 0.2) is 0 Å². The molecule has 0 radical (unpaired) electrons. The zero-order valence-electron chi connectivity index (χ0n) is 12.4. The lowest BCUT2D eigenvalue weighted by molar-refractivity contribution is -0.137. The van der Waals surface area contributed by atoms with E-state index in [-0.39, 0.29) is 11.6 Å². The number of tetrazole rings is 1. The van der Waals surface area contributed by atoms with Gasteiger partial charge in [0.2, 0.25) is 0 Å². The summed E-state index contributed by atoms with van der Waals surface area (Å²) in [5.41, 5.74) is 0.0931. The molecule has 0 saturated heterocycles. The van der Waals surface area contributed by atoms with E-state index in [1.165, 1.54) is 16.8 Å². The van der Waals surface area contributed by atoms with E-state index in [0.29, 0.717) is 11.4 Å². The molecule has 0 aliphatic carbocycles. The fourth-order valence-corrected chi connectivity index (χ4v) is 2.06. The lowest BCUT2D eigenvalue weighted by atomic mass is 10.2. The van der Waals surface area contributed by atoms with Crippen molar-refractivity contribution in [2.75, 3.05) is 12.4 Å². The number of halogens is 3. The number of nitrogens with one attached hydrogen (secondary N) is 1. The predicted octanol–water partition coefficient (Wildman–Crippen LogP) is 3.43. The van der Waals surface area contributed by atoms with Gasteiger partial charge in [0.25, 0.3) is 5.95 Å². The van der Waals surface area contributed by atoms with Crippen LogP contribution in [-0.2, 0) is 6.18 Å². The Balaban J connectivity index is 1.90. The first-order valence-corrected chi connectivity index (χ1v) is 6.84. The van der Waals surface area contributed by atoms with Crippen LogP contribution in [0.2, 0.25) is 0 Å². The van der Waals surface area contributed by atoms with Crippen molar-refractivity contribution in [3.63, 3.8) is 0 Å². The van der Waals surface area contributed by atoms with Crippen molar-refractivity contribution in [1.82, 2.24) is 20.2 Å². The molecule has 3 rings (SSSR count). The second-order valence-corrected chi connectivity index (χ2v) is 4.82. The Morgan fingerprint density at radius 3 is 2.50 bits per heavy atom. The molecule has 124 valence electrons. The Hall–Kier alpha value is -3.10. The molecule has 9 heteroatoms. The topological polar surface area (TPSA) is 64.9 Å². The van der Waals surface area contributed by atoms with Crippen molar-refractivity contribution in [1.29, 1.82) is 0 Å². The summed E-state index contributed by atoms with van der Waals surface area (Å²) in [5.74, 6) is 0.873. The van der Waals surface area contributed by atoms with Crippen LogP contribution in [-0.4, -0.2) is 27.3 Å². The monoisotopic (exact) mass is 335 g/mol. The predicted molar refractivity (Wildman–Crippen MR) is 80.4 cm³/mol. The first kappa shape index (κ1) is 15.8. The van der Waals surface area contributed by atoms with E-state index >= 15 is 0 Å². The van der Waals surface area contributed by atoms with E-state index in [2.05, 4.69) is 20.8 Å². The maximum absolute atomic E-state index is 12.8. The molecule has 6 nitrogen and oxygen atoms in total. The number of hydrogen-bond acceptors (Lipinski definition) is 5. The lowest BCUT2D eigenvalue weighted by Gasteiger charge is -2.10. The molecule has 0 bridgehead atoms. The van der Waals surface area contributed by atoms with Crippen LogP contribution in [0.25, 0.3) is 5.69 Å². The van der Waals surface area contributed by atoms with E-state index in [1.807, 2.05) is 0 Å². The van der Waals surface area contributed by atoms with Crippen molar-refractivity contribution in [3.05, 3.63) is 54.1 Å². The van der Waals surface area contributed by atoms with Crippen LogP contribution in [0, 0.1) is 0 Å². The number of benzene rings is 2. The number of hydrogen-bond donors (Lipinski definition) is 1. The van der Waals surface area contributed by atoms with Crippen molar-refractivity contribution >= 4 is 11.6 Å². The third-order valence-electron chi connectivity index (χ3n) is 3.23. The van der Waals surface area contributed by atoms with E-state index in [0.717, 1.165) is 12.1 Å². The minimum absolute atomic E-state index is 0.194. The number of nitrogens with zero attached hydrogens (tertiary/aromatic N) is 4. The molecular weight excluding hydrogens is 323 g/mol. The van der Waals surface area contributed by atoms with Gasteiger partial charge in [-0.1, -0.05) is 11.2 Å². The SMILES string of the molecule is COc1ccc(Nc2nnnn2-c2cccc(C(F)(F)F)c2)cc1. The van der Waals surface area contributed by atoms with Gasteiger partial charge < -0.3 is 10.1 Å². The summed E-state index contributed by atoms with van der Waals surface area (Å²) in [6.45, 7) is 0. The number of rotatable bonds is 4. The van der Waals surface area contributed by atoms with E-state index in [1.54, 1.807) is 31.4 Å². The molecule has 0 amide bonds. The third kappa shape index (κ3) is 3.29. The minimum Gasteiger partial charge on any atom is -0.497 e. The Morgan fingerprint density at radius 1 is 1.08 bits per heavy atom. The largest absolute Gasteiger partial charge is 0.497 e. The average Bonchev–Trinajstić information content (AvgIpc) is 3.03. The fourth-order valence-electron chi connectivity index (χ4n) is 2.06. The molecule has 24 heavy (non-hydrogen) atoms. The highest BCUT2D eigenvalue weighted by atomic mass is 19.4. The minimum atomic E-state index is -4.44. The lowest BCUT2D eigenvalue weighted by Crippen LogP contribution is -2.08. The van der Waals surface area contributed by atoms with Crippen molar-refractivity contribution in [2.45, 2.75) is 6.18 Å². The van der Waals surface area contributed by atoms with Crippen molar-refractivity contribution < 1.29 is 17.9 Å². The van der Waals surface area contributed by atoms with Crippen LogP contribution in [0.15, 0.2) is 48.5 Å². The Kier molecular flexibility index (Phi) is 4.07. The van der Waals surface area contributed by atoms with Crippen LogP contribution in [0.1, 0.15) is 5.56 Å². The molecule has 0 saturated carbocycles. The first-order valence-electron chi connectivity index (χ1n) is 6.84. The summed E-state index contributed by atoms with van der Waals surface area (Å²) < 4.78 is 44.8. The molecule has 0 aliphatic heterocycles. The Labute approximate surface area is 134 Å². The van der Waals surface area contributed by atoms with Gasteiger partial charge in [0, 0.05) is 5.69 Å². The fraction of sp³-hybridized carbons (Fsp3) is 0.133. The number of aromatic nitrogens is 4. The molecule has 1 heterocycles. The smallest absolute Gasteiger partial charge is 0.416 e. The summed E-state index contributed by atoms with van der Waals surface area (Å²) in [7, 11) is 1.55. The van der Waals surface area contributed by atoms with E-state index in [9.17, 15) is 13.2 Å². The second-order valence-electron chi connectivity index (χ2n) is 4.82. The average molecular weight is 335 g/mol. The zero-order valence-corrected chi connectivity index (χ0v) is 12.4. The molecular formula is C15H12F3N5O. The van der Waals surface area contributed by atoms with Gasteiger partial charge in [0.05, 0.1) is 18.4 Å². The summed E-state index contributed by atoms with van der Waals surface area (Å²) in [5, 5.41) is 14.0. The van der Waals surface area contributed by atoms with Crippen LogP contribution in [0.5, 0.6) is 5.75 Å². The first-order chi connectivity index (χ1) is 11.5. The second kappa shape index (κ2) is 6.19. The van der Waals surface area contributed by atoms with Gasteiger partial charge >= 0.3 is 6.18 Å². The molecule has 1 aromatic heterocycles. The zero-order chi connectivity index (χ0) is 17.2. The third-order valence-corrected chi connectivity index (χ3v) is 3.23. The summed E-state index contributed by atoms with van der Waals surface area (Å²) in [4.78, 5) is 0. The summed E-state index contributed by atoms with van der Waals surface area (Å²) in [6.07, 6.45) is -4.44. The highest BCUT2D eigenvalue weighted by Gasteiger charge is 2.30. The van der Waals surface area contributed by atoms with Crippen molar-refractivity contribution in [2.24, 2.45) is 0 Å². The van der Waals surface area contributed by atoms with Gasteiger partial charge in [-0.3, -0.25) is 0 Å². The van der Waals surface area contributed by atoms with Gasteiger partial charge in [-0.15, -0.1) is 0 Å². The number of ether oxygens (including phenoxy) is 1. The quantitative estimate of drug-likeness (QED) is 0.791. The number of methoxy groups -OCH3 is 1. The maximum Gasteiger partial charge on any atom is 0.416 e. The van der Waals surface area contributed by atoms with Crippen LogP contribution in [0.3, 0.4) is 0 Å². The number of alkyl halides is 3. The highest BCUT2D eigenvalue weighted by molar-refractivity contribution is 5.56. The summed E-state index contributed by atoms with van der Waals surface area (Å²) in [6, 6.07) is 11.7. The molecule has 1 N–H and O–H groups in total. The molecule has 3 aromatic rings. The highest BCUT2D eigenvalue weighted by Crippen LogP contribution is 2.30. The van der Waals surface area contributed by atoms with Gasteiger partial charge in [0.1, 0.15) is 5.75 Å². The van der Waals surface area contributed by atoms with Crippen LogP contribution >= 0.6 is 0 Å². The molecule has 0 unspecified atom stereocenters. The van der Waals surface area contributed by atoms with Crippen LogP contribution in [0.4, 0.5) is 24.8 Å². The molecule has 0 aliphatic rings. The normalized spacial score (nSPS) is 11.3. The van der Waals surface area contributed by atoms with Crippen LogP contribution < -0.4 is 10.1 Å². The maximum atomic E-state index is 12.8. The Morgan fingerprint density at radius 2 is 1.83 bits per heavy atom. The summed E-state index contributed by atoms with van der Waals surface area (Å²) >= 11 is 0. The molecule has 2 aromatic carbocycles. The number of anilines is 2. The molecule has 0 atom stereocenters. The molecule has 0 fully saturated rings. The van der Waals surface area contributed by atoms with Gasteiger partial charge in [-0.2, -0.15) is 17.9 Å². The molecule has 0 spiro atoms. The van der Waals surface area contributed by atoms with E-state index in [4.69, 9.17) is 4.74 Å². The Bertz CT molecular complexity index is 830. The standard InChI is InChI=1S/C15H12F3N5O/c1-24-13-7-5-11(6-8-13)19-14-20-21-22-23(14)12-4-2-3-10(9-12)15(16,17)18/h2-9H,1H3,(H,19,20,22). The van der Waals surface area contributed by atoms with Gasteiger partial charge in [-0.25, -0.2) is 0 Å².